The van der Waals surface area contributed by atoms with E-state index >= 15 is 0 Å². The van der Waals surface area contributed by atoms with E-state index in [1.54, 1.807) is 4.57 Å². The number of imidazole rings is 1. The van der Waals surface area contributed by atoms with Gasteiger partial charge in [-0.25, -0.2) is 9.78 Å². The lowest BCUT2D eigenvalue weighted by molar-refractivity contribution is 0.0901. The maximum atomic E-state index is 13.3. The average molecular weight is 459 g/mol. The fourth-order valence-electron chi connectivity index (χ4n) is 3.88. The van der Waals surface area contributed by atoms with E-state index in [1.165, 1.54) is 10.1 Å². The van der Waals surface area contributed by atoms with Crippen LogP contribution in [-0.2, 0) is 32.7 Å². The predicted octanol–water partition coefficient (Wildman–Crippen LogP) is 2.06. The summed E-state index contributed by atoms with van der Waals surface area (Å²) in [7, 11) is 0. The molecule has 0 aliphatic heterocycles. The smallest absolute Gasteiger partial charge is 0.332 e. The van der Waals surface area contributed by atoms with Crippen molar-refractivity contribution in [2.45, 2.75) is 78.8 Å². The topological polar surface area (TPSA) is 112 Å². The summed E-state index contributed by atoms with van der Waals surface area (Å²) in [6.07, 6.45) is 2.20. The first-order chi connectivity index (χ1) is 15.9. The Morgan fingerprint density at radius 1 is 1.00 bits per heavy atom. The van der Waals surface area contributed by atoms with Gasteiger partial charge in [0.1, 0.15) is 30.9 Å². The summed E-state index contributed by atoms with van der Waals surface area (Å²) in [6, 6.07) is 7.59. The maximum absolute atomic E-state index is 13.3. The fourth-order valence-corrected chi connectivity index (χ4v) is 3.88. The third-order valence-corrected chi connectivity index (χ3v) is 5.68. The molecule has 2 heterocycles. The van der Waals surface area contributed by atoms with E-state index in [1.807, 2.05) is 38.1 Å². The molecule has 3 rings (SSSR count). The van der Waals surface area contributed by atoms with Crippen molar-refractivity contribution in [3.05, 3.63) is 56.5 Å². The third-order valence-electron chi connectivity index (χ3n) is 5.68. The molecule has 0 spiro atoms. The number of aryl methyl sites for hydroxylation is 3. The average Bonchev–Trinajstić information content (AvgIpc) is 3.19. The Morgan fingerprint density at radius 3 is 2.33 bits per heavy atom. The number of hydrogen-bond acceptors (Lipinski definition) is 6. The zero-order valence-electron chi connectivity index (χ0n) is 19.7. The lowest BCUT2D eigenvalue weighted by Gasteiger charge is -2.16. The van der Waals surface area contributed by atoms with Crippen molar-refractivity contribution in [3.63, 3.8) is 0 Å². The lowest BCUT2D eigenvalue weighted by atomic mass is 10.2. The van der Waals surface area contributed by atoms with Crippen LogP contribution in [-0.4, -0.2) is 41.6 Å². The second-order valence-corrected chi connectivity index (χ2v) is 8.18. The van der Waals surface area contributed by atoms with Crippen molar-refractivity contribution in [2.24, 2.45) is 0 Å². The molecule has 2 aromatic heterocycles. The van der Waals surface area contributed by atoms with Crippen LogP contribution in [0.2, 0.25) is 0 Å². The Morgan fingerprint density at radius 2 is 1.73 bits per heavy atom. The van der Waals surface area contributed by atoms with Gasteiger partial charge >= 0.3 is 5.69 Å². The summed E-state index contributed by atoms with van der Waals surface area (Å²) in [5, 5.41) is 20.3. The second-order valence-electron chi connectivity index (χ2n) is 8.18. The summed E-state index contributed by atoms with van der Waals surface area (Å²) in [5.41, 5.74) is 0.711. The molecule has 0 saturated carbocycles. The summed E-state index contributed by atoms with van der Waals surface area (Å²) in [6.45, 7) is 6.36. The highest BCUT2D eigenvalue weighted by Gasteiger charge is 2.22. The molecule has 0 fully saturated rings. The highest BCUT2D eigenvalue weighted by atomic mass is 16.5. The number of fused-ring (bicyclic) bond motifs is 1. The zero-order chi connectivity index (χ0) is 24.0. The zero-order valence-corrected chi connectivity index (χ0v) is 19.7. The Hall–Kier alpha value is -2.91. The van der Waals surface area contributed by atoms with E-state index in [9.17, 15) is 19.8 Å². The number of hydrogen-bond donors (Lipinski definition) is 2. The van der Waals surface area contributed by atoms with Gasteiger partial charge in [-0.2, -0.15) is 0 Å². The molecular formula is C24H34N4O5. The summed E-state index contributed by atoms with van der Waals surface area (Å²) < 4.78 is 9.87. The van der Waals surface area contributed by atoms with Crippen LogP contribution in [0.25, 0.3) is 11.2 Å². The molecule has 180 valence electrons. The van der Waals surface area contributed by atoms with Gasteiger partial charge in [-0.15, -0.1) is 0 Å². The summed E-state index contributed by atoms with van der Waals surface area (Å²) >= 11 is 0. The molecule has 0 bridgehead atoms. The lowest BCUT2D eigenvalue weighted by Crippen LogP contribution is -2.44. The monoisotopic (exact) mass is 458 g/mol. The summed E-state index contributed by atoms with van der Waals surface area (Å²) in [5.74, 6) is 0.966. The molecule has 1 unspecified atom stereocenters. The molecule has 0 radical (unpaired) electrons. The molecule has 2 N–H and O–H groups in total. The minimum Gasteiger partial charge on any atom is -0.491 e. The van der Waals surface area contributed by atoms with Crippen LogP contribution in [0.4, 0.5) is 0 Å². The van der Waals surface area contributed by atoms with Crippen LogP contribution >= 0.6 is 0 Å². The standard InChI is InChI=1S/C24H34N4O5/c1-4-7-13-27-22-21(26(12-5-2)20(15-29)25-22)23(31)28(24(27)32)14-18(30)16-33-19-10-8-17(6-3)9-11-19/h8-11,18,29-30H,4-7,12-16H2,1-3H3. The Balaban J connectivity index is 1.95. The van der Waals surface area contributed by atoms with Gasteiger partial charge in [0.05, 0.1) is 6.54 Å². The maximum Gasteiger partial charge on any atom is 0.332 e. The quantitative estimate of drug-likeness (QED) is 0.430. The van der Waals surface area contributed by atoms with Crippen molar-refractivity contribution < 1.29 is 14.9 Å². The van der Waals surface area contributed by atoms with E-state index in [0.29, 0.717) is 24.7 Å². The van der Waals surface area contributed by atoms with Crippen LogP contribution in [0.1, 0.15) is 51.4 Å². The molecule has 9 heteroatoms. The van der Waals surface area contributed by atoms with Crippen molar-refractivity contribution in [1.29, 1.82) is 0 Å². The molecule has 9 nitrogen and oxygen atoms in total. The number of aliphatic hydroxyl groups excluding tert-OH is 2. The van der Waals surface area contributed by atoms with E-state index in [0.717, 1.165) is 30.3 Å². The van der Waals surface area contributed by atoms with Crippen LogP contribution < -0.4 is 16.0 Å². The Labute approximate surface area is 192 Å². The van der Waals surface area contributed by atoms with Gasteiger partial charge in [-0.3, -0.25) is 13.9 Å². The molecule has 33 heavy (non-hydrogen) atoms. The van der Waals surface area contributed by atoms with Crippen LogP contribution in [0.15, 0.2) is 33.9 Å². The van der Waals surface area contributed by atoms with Gasteiger partial charge in [0, 0.05) is 13.1 Å². The molecule has 1 atom stereocenters. The van der Waals surface area contributed by atoms with Crippen LogP contribution in [0.5, 0.6) is 5.75 Å². The molecular weight excluding hydrogens is 424 g/mol. The van der Waals surface area contributed by atoms with Gasteiger partial charge < -0.3 is 19.5 Å². The van der Waals surface area contributed by atoms with Crippen molar-refractivity contribution >= 4 is 11.2 Å². The number of benzene rings is 1. The Bertz CT molecular complexity index is 1180. The van der Waals surface area contributed by atoms with Crippen molar-refractivity contribution in [2.75, 3.05) is 6.61 Å². The molecule has 0 aliphatic carbocycles. The SMILES string of the molecule is CCCCn1c(=O)n(CC(O)COc2ccc(CC)cc2)c(=O)c2c1nc(CO)n2CCC. The van der Waals surface area contributed by atoms with Crippen LogP contribution in [0, 0.1) is 0 Å². The van der Waals surface area contributed by atoms with Gasteiger partial charge in [0.2, 0.25) is 0 Å². The van der Waals surface area contributed by atoms with Crippen molar-refractivity contribution in [1.82, 2.24) is 18.7 Å². The minimum atomic E-state index is -1.06. The predicted molar refractivity (Wildman–Crippen MR) is 127 cm³/mol. The van der Waals surface area contributed by atoms with Gasteiger partial charge in [0.15, 0.2) is 11.2 Å². The molecule has 1 aromatic carbocycles. The molecule has 0 saturated heterocycles. The highest BCUT2D eigenvalue weighted by Crippen LogP contribution is 2.15. The summed E-state index contributed by atoms with van der Waals surface area (Å²) in [4.78, 5) is 31.0. The Kier molecular flexibility index (Phi) is 8.46. The van der Waals surface area contributed by atoms with E-state index in [2.05, 4.69) is 11.9 Å². The second kappa shape index (κ2) is 11.3. The first-order valence-corrected chi connectivity index (χ1v) is 11.7. The molecule has 0 amide bonds. The number of nitrogens with zero attached hydrogens (tertiary/aromatic N) is 4. The number of ether oxygens (including phenoxy) is 1. The third kappa shape index (κ3) is 5.36. The van der Waals surface area contributed by atoms with E-state index < -0.39 is 17.4 Å². The first-order valence-electron chi connectivity index (χ1n) is 11.7. The van der Waals surface area contributed by atoms with Gasteiger partial charge in [-0.1, -0.05) is 39.3 Å². The van der Waals surface area contributed by atoms with Gasteiger partial charge in [0.25, 0.3) is 5.56 Å². The van der Waals surface area contributed by atoms with E-state index in [4.69, 9.17) is 4.74 Å². The van der Waals surface area contributed by atoms with Gasteiger partial charge in [-0.05, 0) is 37.0 Å². The van der Waals surface area contributed by atoms with Crippen molar-refractivity contribution in [3.8, 4) is 5.75 Å². The number of rotatable bonds is 12. The first kappa shape index (κ1) is 24.7. The fraction of sp³-hybridized carbons (Fsp3) is 0.542. The number of aromatic nitrogens is 4. The normalized spacial score (nSPS) is 12.4. The largest absolute Gasteiger partial charge is 0.491 e. The highest BCUT2D eigenvalue weighted by molar-refractivity contribution is 5.71. The molecule has 3 aromatic rings. The minimum absolute atomic E-state index is 0.0551. The number of unbranched alkanes of at least 4 members (excludes halogenated alkanes) is 1. The molecule has 0 aliphatic rings. The van der Waals surface area contributed by atoms with Crippen LogP contribution in [0.3, 0.4) is 0 Å². The number of aliphatic hydroxyl groups is 2. The van der Waals surface area contributed by atoms with E-state index in [-0.39, 0.29) is 30.9 Å².